The SMILES string of the molecule is C=C/C(=C\C=C/C)c1ncc2c(N3CC4CCC(C3)O4)nc(N3CC4COC(C4)C3)nc2n1. The minimum Gasteiger partial charge on any atom is -0.376 e. The zero-order valence-corrected chi connectivity index (χ0v) is 19.1. The summed E-state index contributed by atoms with van der Waals surface area (Å²) in [5.41, 5.74) is 1.54. The van der Waals surface area contributed by atoms with Crippen LogP contribution >= 0.6 is 0 Å². The zero-order chi connectivity index (χ0) is 22.4. The van der Waals surface area contributed by atoms with Crippen molar-refractivity contribution in [1.82, 2.24) is 19.9 Å². The first-order chi connectivity index (χ1) is 16.2. The van der Waals surface area contributed by atoms with Gasteiger partial charge in [0.05, 0.1) is 30.3 Å². The van der Waals surface area contributed by atoms with Crippen molar-refractivity contribution in [1.29, 1.82) is 0 Å². The van der Waals surface area contributed by atoms with Crippen LogP contribution in [-0.4, -0.2) is 71.0 Å². The monoisotopic (exact) mass is 446 g/mol. The van der Waals surface area contributed by atoms with Crippen molar-refractivity contribution in [2.45, 2.75) is 44.5 Å². The molecule has 4 saturated heterocycles. The van der Waals surface area contributed by atoms with E-state index in [-0.39, 0.29) is 18.3 Å². The minimum absolute atomic E-state index is 0.267. The number of hydrogen-bond acceptors (Lipinski definition) is 8. The van der Waals surface area contributed by atoms with Crippen LogP contribution in [-0.2, 0) is 9.47 Å². The molecule has 4 aliphatic rings. The minimum atomic E-state index is 0.267. The van der Waals surface area contributed by atoms with E-state index >= 15 is 0 Å². The Morgan fingerprint density at radius 1 is 1.06 bits per heavy atom. The first kappa shape index (κ1) is 20.7. The summed E-state index contributed by atoms with van der Waals surface area (Å²) in [7, 11) is 0. The summed E-state index contributed by atoms with van der Waals surface area (Å²) in [6.07, 6.45) is 13.7. The van der Waals surface area contributed by atoms with Crippen LogP contribution in [0.3, 0.4) is 0 Å². The first-order valence-corrected chi connectivity index (χ1v) is 12.0. The predicted molar refractivity (Wildman–Crippen MR) is 128 cm³/mol. The Bertz CT molecular complexity index is 1110. The van der Waals surface area contributed by atoms with Crippen molar-refractivity contribution in [2.75, 3.05) is 42.6 Å². The molecule has 8 nitrogen and oxygen atoms in total. The third-order valence-electron chi connectivity index (χ3n) is 7.06. The Balaban J connectivity index is 1.44. The van der Waals surface area contributed by atoms with Crippen molar-refractivity contribution in [3.05, 3.63) is 42.9 Å². The molecule has 0 saturated carbocycles. The summed E-state index contributed by atoms with van der Waals surface area (Å²) in [4.78, 5) is 24.2. The Labute approximate surface area is 194 Å². The van der Waals surface area contributed by atoms with Crippen LogP contribution in [0.1, 0.15) is 32.0 Å². The van der Waals surface area contributed by atoms with E-state index in [1.54, 1.807) is 6.08 Å². The third-order valence-corrected chi connectivity index (χ3v) is 7.06. The van der Waals surface area contributed by atoms with Gasteiger partial charge in [-0.05, 0) is 26.2 Å². The van der Waals surface area contributed by atoms with Crippen molar-refractivity contribution in [2.24, 2.45) is 5.92 Å². The van der Waals surface area contributed by atoms with E-state index in [4.69, 9.17) is 24.4 Å². The van der Waals surface area contributed by atoms with E-state index < -0.39 is 0 Å². The van der Waals surface area contributed by atoms with E-state index in [9.17, 15) is 0 Å². The normalized spacial score (nSPS) is 29.4. The molecule has 4 fully saturated rings. The summed E-state index contributed by atoms with van der Waals surface area (Å²) < 4.78 is 12.0. The second-order valence-corrected chi connectivity index (χ2v) is 9.45. The van der Waals surface area contributed by atoms with E-state index in [2.05, 4.69) is 21.4 Å². The maximum Gasteiger partial charge on any atom is 0.229 e. The molecule has 4 aliphatic heterocycles. The lowest BCUT2D eigenvalue weighted by Crippen LogP contribution is -2.44. The largest absolute Gasteiger partial charge is 0.376 e. The number of aromatic nitrogens is 4. The summed E-state index contributed by atoms with van der Waals surface area (Å²) in [6, 6.07) is 0. The Morgan fingerprint density at radius 2 is 1.88 bits per heavy atom. The summed E-state index contributed by atoms with van der Waals surface area (Å²) >= 11 is 0. The van der Waals surface area contributed by atoms with Gasteiger partial charge in [-0.1, -0.05) is 30.9 Å². The highest BCUT2D eigenvalue weighted by Crippen LogP contribution is 2.35. The van der Waals surface area contributed by atoms with Crippen molar-refractivity contribution < 1.29 is 9.47 Å². The van der Waals surface area contributed by atoms with Gasteiger partial charge in [-0.25, -0.2) is 9.97 Å². The molecule has 0 aliphatic carbocycles. The number of fused-ring (bicyclic) bond motifs is 5. The Hall–Kier alpha value is -2.84. The maximum absolute atomic E-state index is 6.08. The zero-order valence-electron chi connectivity index (χ0n) is 19.1. The molecule has 2 aromatic rings. The molecule has 0 radical (unpaired) electrons. The van der Waals surface area contributed by atoms with Gasteiger partial charge in [-0.3, -0.25) is 0 Å². The molecular formula is C25H30N6O2. The summed E-state index contributed by atoms with van der Waals surface area (Å²) in [5, 5.41) is 0.884. The lowest BCUT2D eigenvalue weighted by molar-refractivity contribution is 0.0303. The molecule has 4 bridgehead atoms. The topological polar surface area (TPSA) is 76.5 Å². The van der Waals surface area contributed by atoms with Crippen molar-refractivity contribution in [3.8, 4) is 0 Å². The molecule has 4 unspecified atom stereocenters. The Kier molecular flexibility index (Phi) is 5.34. The predicted octanol–water partition coefficient (Wildman–Crippen LogP) is 3.16. The molecular weight excluding hydrogens is 416 g/mol. The van der Waals surface area contributed by atoms with Crippen LogP contribution in [0.25, 0.3) is 16.6 Å². The molecule has 2 aromatic heterocycles. The van der Waals surface area contributed by atoms with Crippen LogP contribution in [0.2, 0.25) is 0 Å². The summed E-state index contributed by atoms with van der Waals surface area (Å²) in [5.74, 6) is 2.81. The van der Waals surface area contributed by atoms with Gasteiger partial charge >= 0.3 is 0 Å². The van der Waals surface area contributed by atoms with E-state index in [1.807, 2.05) is 31.3 Å². The number of allylic oxidation sites excluding steroid dienone is 5. The van der Waals surface area contributed by atoms with Gasteiger partial charge in [-0.15, -0.1) is 0 Å². The van der Waals surface area contributed by atoms with Crippen molar-refractivity contribution >= 4 is 28.4 Å². The van der Waals surface area contributed by atoms with Gasteiger partial charge in [0.2, 0.25) is 5.95 Å². The number of rotatable bonds is 5. The molecule has 0 spiro atoms. The van der Waals surface area contributed by atoms with Crippen molar-refractivity contribution in [3.63, 3.8) is 0 Å². The first-order valence-electron chi connectivity index (χ1n) is 12.0. The highest BCUT2D eigenvalue weighted by atomic mass is 16.5. The van der Waals surface area contributed by atoms with Gasteiger partial charge in [0.1, 0.15) is 5.82 Å². The van der Waals surface area contributed by atoms with E-state index in [1.165, 1.54) is 0 Å². The molecule has 6 rings (SSSR count). The highest BCUT2D eigenvalue weighted by molar-refractivity contribution is 5.88. The standard InChI is InChI=1S/C25H30N6O2/c1-3-5-6-17(4-2)22-26-10-21-23(27-22)28-25(31-11-16-9-20(14-31)32-15-16)29-24(21)30-12-18-7-8-19(13-30)33-18/h3-6,10,16,18-20H,2,7-9,11-15H2,1H3/b5-3-,17-6+. The van der Waals surface area contributed by atoms with Crippen LogP contribution in [0.5, 0.6) is 0 Å². The van der Waals surface area contributed by atoms with Gasteiger partial charge in [-0.2, -0.15) is 9.97 Å². The summed E-state index contributed by atoms with van der Waals surface area (Å²) in [6.45, 7) is 10.2. The molecule has 8 heteroatoms. The smallest absolute Gasteiger partial charge is 0.229 e. The van der Waals surface area contributed by atoms with Crippen LogP contribution in [0, 0.1) is 5.92 Å². The lowest BCUT2D eigenvalue weighted by atomic mass is 10.0. The number of morpholine rings is 1. The second-order valence-electron chi connectivity index (χ2n) is 9.45. The fourth-order valence-electron chi connectivity index (χ4n) is 5.46. The molecule has 0 aromatic carbocycles. The highest BCUT2D eigenvalue weighted by Gasteiger charge is 2.37. The van der Waals surface area contributed by atoms with Gasteiger partial charge in [0.25, 0.3) is 0 Å². The molecule has 0 N–H and O–H groups in total. The van der Waals surface area contributed by atoms with Crippen LogP contribution in [0.15, 0.2) is 37.1 Å². The quantitative estimate of drug-likeness (QED) is 0.649. The van der Waals surface area contributed by atoms with Crippen LogP contribution < -0.4 is 9.80 Å². The number of nitrogens with zero attached hydrogens (tertiary/aromatic N) is 6. The number of hydrogen-bond donors (Lipinski definition) is 0. The molecule has 6 heterocycles. The third kappa shape index (κ3) is 3.91. The average Bonchev–Trinajstić information content (AvgIpc) is 3.37. The molecule has 0 amide bonds. The number of piperidine rings is 1. The number of ether oxygens (including phenoxy) is 2. The molecule has 4 atom stereocenters. The fourth-order valence-corrected chi connectivity index (χ4v) is 5.46. The van der Waals surface area contributed by atoms with Gasteiger partial charge in [0, 0.05) is 43.9 Å². The average molecular weight is 447 g/mol. The number of anilines is 2. The second kappa shape index (κ2) is 8.50. The van der Waals surface area contributed by atoms with Crippen LogP contribution in [0.4, 0.5) is 11.8 Å². The lowest BCUT2D eigenvalue weighted by Gasteiger charge is -2.35. The van der Waals surface area contributed by atoms with Gasteiger partial charge < -0.3 is 19.3 Å². The fraction of sp³-hybridized carbons (Fsp3) is 0.520. The maximum atomic E-state index is 6.08. The molecule has 172 valence electrons. The van der Waals surface area contributed by atoms with E-state index in [0.717, 1.165) is 74.8 Å². The van der Waals surface area contributed by atoms with E-state index in [0.29, 0.717) is 17.4 Å². The molecule has 33 heavy (non-hydrogen) atoms. The van der Waals surface area contributed by atoms with Gasteiger partial charge in [0.15, 0.2) is 11.5 Å². The Morgan fingerprint density at radius 3 is 2.64 bits per heavy atom.